The second-order valence-corrected chi connectivity index (χ2v) is 10.6. The normalized spacial score (nSPS) is 14.9. The molecule has 0 radical (unpaired) electrons. The molecular weight excluding hydrogens is 564 g/mol. The number of nitrogens with zero attached hydrogens (tertiary/aromatic N) is 3. The number of fused-ring (bicyclic) bond motifs is 1. The molecule has 3 heterocycles. The van der Waals surface area contributed by atoms with Crippen molar-refractivity contribution >= 4 is 28.6 Å². The van der Waals surface area contributed by atoms with Crippen LogP contribution in [-0.4, -0.2) is 38.3 Å². The summed E-state index contributed by atoms with van der Waals surface area (Å²) in [6.45, 7) is 1.15. The van der Waals surface area contributed by atoms with Crippen LogP contribution >= 0.6 is 11.6 Å². The zero-order valence-electron chi connectivity index (χ0n) is 22.4. The molecule has 1 saturated heterocycles. The molecule has 7 nitrogen and oxygen atoms in total. The third-order valence-corrected chi connectivity index (χ3v) is 7.53. The number of halogens is 3. The maximum Gasteiger partial charge on any atom is 0.335 e. The van der Waals surface area contributed by atoms with Crippen molar-refractivity contribution in [2.45, 2.75) is 38.5 Å². The van der Waals surface area contributed by atoms with Gasteiger partial charge in [-0.1, -0.05) is 35.9 Å². The monoisotopic (exact) mass is 589 g/mol. The van der Waals surface area contributed by atoms with E-state index in [1.54, 1.807) is 54.6 Å². The second-order valence-electron chi connectivity index (χ2n) is 10.2. The molecule has 1 atom stereocenters. The van der Waals surface area contributed by atoms with Crippen LogP contribution in [-0.2, 0) is 24.3 Å². The van der Waals surface area contributed by atoms with Crippen LogP contribution in [0.25, 0.3) is 22.3 Å². The first-order chi connectivity index (χ1) is 20.3. The van der Waals surface area contributed by atoms with E-state index in [-0.39, 0.29) is 30.6 Å². The number of pyridine rings is 1. The van der Waals surface area contributed by atoms with E-state index in [1.165, 1.54) is 18.2 Å². The number of rotatable bonds is 9. The molecule has 0 bridgehead atoms. The molecule has 10 heteroatoms. The number of carboxylic acid groups (broad SMARTS) is 1. The third kappa shape index (κ3) is 5.98. The van der Waals surface area contributed by atoms with E-state index in [0.717, 1.165) is 12.8 Å². The van der Waals surface area contributed by atoms with Crippen molar-refractivity contribution in [2.75, 3.05) is 6.61 Å². The number of hydrogen-bond donors (Lipinski definition) is 1. The van der Waals surface area contributed by atoms with Crippen molar-refractivity contribution in [3.05, 3.63) is 112 Å². The zero-order chi connectivity index (χ0) is 29.2. The largest absolute Gasteiger partial charge is 0.478 e. The molecule has 1 aliphatic heterocycles. The Morgan fingerprint density at radius 3 is 2.62 bits per heavy atom. The highest BCUT2D eigenvalue weighted by Crippen LogP contribution is 2.27. The van der Waals surface area contributed by atoms with Gasteiger partial charge in [0, 0.05) is 35.2 Å². The molecule has 3 aromatic carbocycles. The predicted octanol–water partition coefficient (Wildman–Crippen LogP) is 7.08. The lowest BCUT2D eigenvalue weighted by Gasteiger charge is -2.15. The molecule has 2 aromatic heterocycles. The Labute approximate surface area is 245 Å². The van der Waals surface area contributed by atoms with Crippen molar-refractivity contribution < 1.29 is 28.2 Å². The summed E-state index contributed by atoms with van der Waals surface area (Å²) in [5.74, 6) is -1.02. The molecular formula is C32H26ClF2N3O4. The highest BCUT2D eigenvalue weighted by Gasteiger charge is 2.21. The number of aromatic carboxylic acids is 1. The minimum absolute atomic E-state index is 0.0152. The maximum absolute atomic E-state index is 15.5. The average Bonchev–Trinajstić information content (AvgIpc) is 3.61. The molecule has 214 valence electrons. The Morgan fingerprint density at radius 1 is 1.02 bits per heavy atom. The Bertz CT molecular complexity index is 1790. The lowest BCUT2D eigenvalue weighted by molar-refractivity contribution is 0.0697. The summed E-state index contributed by atoms with van der Waals surface area (Å²) in [4.78, 5) is 20.8. The molecule has 5 aromatic rings. The third-order valence-electron chi connectivity index (χ3n) is 7.30. The Balaban J connectivity index is 1.24. The van der Waals surface area contributed by atoms with Crippen LogP contribution in [0.2, 0.25) is 5.02 Å². The van der Waals surface area contributed by atoms with E-state index < -0.39 is 17.6 Å². The minimum atomic E-state index is -1.02. The van der Waals surface area contributed by atoms with Gasteiger partial charge in [-0.3, -0.25) is 0 Å². The topological polar surface area (TPSA) is 86.5 Å². The van der Waals surface area contributed by atoms with Crippen molar-refractivity contribution in [3.8, 4) is 17.1 Å². The van der Waals surface area contributed by atoms with E-state index >= 15 is 4.39 Å². The van der Waals surface area contributed by atoms with Crippen LogP contribution in [0.5, 0.6) is 5.88 Å². The first-order valence-electron chi connectivity index (χ1n) is 13.5. The van der Waals surface area contributed by atoms with Gasteiger partial charge in [-0.2, -0.15) is 0 Å². The SMILES string of the molecule is O=C(O)c1ccc2nc(Cc3ccc(-c4cccc(OCc5ccc(Cl)cc5F)n4)cc3F)n(C[C@@H]3CCCO3)c2c1. The first-order valence-corrected chi connectivity index (χ1v) is 13.9. The number of carbonyl (C=O) groups is 1. The molecule has 0 amide bonds. The Hall–Kier alpha value is -4.34. The molecule has 1 aliphatic rings. The zero-order valence-corrected chi connectivity index (χ0v) is 23.2. The molecule has 6 rings (SSSR count). The van der Waals surface area contributed by atoms with Crippen molar-refractivity contribution in [1.29, 1.82) is 0 Å². The summed E-state index contributed by atoms with van der Waals surface area (Å²) in [5, 5.41) is 9.80. The number of ether oxygens (including phenoxy) is 2. The summed E-state index contributed by atoms with van der Waals surface area (Å²) in [6.07, 6.45) is 2.05. The lowest BCUT2D eigenvalue weighted by Crippen LogP contribution is -2.17. The van der Waals surface area contributed by atoms with Crippen molar-refractivity contribution in [3.63, 3.8) is 0 Å². The molecule has 0 aliphatic carbocycles. The highest BCUT2D eigenvalue weighted by atomic mass is 35.5. The standard InChI is InChI=1S/C32H26ClF2N3O4/c33-23-10-8-22(26(35)16-23)18-42-31-5-1-4-27(37-31)20-7-6-19(25(34)13-20)15-30-36-28-11-9-21(32(39)40)14-29(28)38(30)17-24-3-2-12-41-24/h1,4-11,13-14,16,24H,2-3,12,15,17-18H2,(H,39,40)/t24-/m0/s1. The number of benzene rings is 3. The van der Waals surface area contributed by atoms with Gasteiger partial charge in [0.25, 0.3) is 0 Å². The summed E-state index contributed by atoms with van der Waals surface area (Å²) in [6, 6.07) is 19.2. The molecule has 1 N–H and O–H groups in total. The fourth-order valence-corrected chi connectivity index (χ4v) is 5.26. The molecule has 0 spiro atoms. The summed E-state index contributed by atoms with van der Waals surface area (Å²) in [7, 11) is 0. The van der Waals surface area contributed by atoms with Gasteiger partial charge in [-0.15, -0.1) is 0 Å². The van der Waals surface area contributed by atoms with Crippen molar-refractivity contribution in [2.24, 2.45) is 0 Å². The smallest absolute Gasteiger partial charge is 0.335 e. The van der Waals surface area contributed by atoms with Crippen LogP contribution in [0, 0.1) is 11.6 Å². The van der Waals surface area contributed by atoms with Crippen LogP contribution in [0.4, 0.5) is 8.78 Å². The van der Waals surface area contributed by atoms with Crippen LogP contribution in [0.3, 0.4) is 0 Å². The van der Waals surface area contributed by atoms with Gasteiger partial charge >= 0.3 is 5.97 Å². The Kier molecular flexibility index (Phi) is 7.86. The van der Waals surface area contributed by atoms with E-state index in [4.69, 9.17) is 26.1 Å². The second kappa shape index (κ2) is 11.9. The number of carboxylic acids is 1. The number of imidazole rings is 1. The van der Waals surface area contributed by atoms with E-state index in [1.807, 2.05) is 4.57 Å². The molecule has 1 fully saturated rings. The quantitative estimate of drug-likeness (QED) is 0.198. The van der Waals surface area contributed by atoms with E-state index in [0.29, 0.717) is 57.4 Å². The van der Waals surface area contributed by atoms with Gasteiger partial charge in [-0.25, -0.2) is 23.5 Å². The van der Waals surface area contributed by atoms with Crippen LogP contribution in [0.15, 0.2) is 72.8 Å². The summed E-state index contributed by atoms with van der Waals surface area (Å²) >= 11 is 5.82. The number of aromatic nitrogens is 3. The predicted molar refractivity (Wildman–Crippen MR) is 154 cm³/mol. The summed E-state index contributed by atoms with van der Waals surface area (Å²) < 4.78 is 43.0. The number of hydrogen-bond acceptors (Lipinski definition) is 5. The lowest BCUT2D eigenvalue weighted by atomic mass is 10.1. The minimum Gasteiger partial charge on any atom is -0.478 e. The van der Waals surface area contributed by atoms with Crippen LogP contribution < -0.4 is 4.74 Å². The fraction of sp³-hybridized carbons (Fsp3) is 0.219. The molecule has 42 heavy (non-hydrogen) atoms. The van der Waals surface area contributed by atoms with Crippen LogP contribution in [0.1, 0.15) is 40.2 Å². The highest BCUT2D eigenvalue weighted by molar-refractivity contribution is 6.30. The maximum atomic E-state index is 15.5. The Morgan fingerprint density at radius 2 is 1.86 bits per heavy atom. The van der Waals surface area contributed by atoms with Gasteiger partial charge in [0.2, 0.25) is 5.88 Å². The van der Waals surface area contributed by atoms with Gasteiger partial charge in [-0.05, 0) is 60.9 Å². The summed E-state index contributed by atoms with van der Waals surface area (Å²) in [5.41, 5.74) is 3.31. The van der Waals surface area contributed by atoms with Gasteiger partial charge in [0.15, 0.2) is 0 Å². The first kappa shape index (κ1) is 27.8. The van der Waals surface area contributed by atoms with Gasteiger partial charge < -0.3 is 19.1 Å². The van der Waals surface area contributed by atoms with Gasteiger partial charge in [0.1, 0.15) is 24.1 Å². The fourth-order valence-electron chi connectivity index (χ4n) is 5.10. The molecule has 0 unspecified atom stereocenters. The molecule has 0 saturated carbocycles. The van der Waals surface area contributed by atoms with Crippen molar-refractivity contribution in [1.82, 2.24) is 14.5 Å². The van der Waals surface area contributed by atoms with Gasteiger partial charge in [0.05, 0.1) is 34.9 Å². The van der Waals surface area contributed by atoms with E-state index in [2.05, 4.69) is 4.98 Å². The van der Waals surface area contributed by atoms with E-state index in [9.17, 15) is 14.3 Å². The average molecular weight is 590 g/mol.